The molecule has 3 rings (SSSR count). The van der Waals surface area contributed by atoms with Crippen LogP contribution in [0.25, 0.3) is 0 Å². The first kappa shape index (κ1) is 14.7. The van der Waals surface area contributed by atoms with E-state index in [1.165, 1.54) is 38.5 Å². The number of likely N-dealkylation sites (N-methyl/N-ethyl adjacent to an activating group) is 1. The van der Waals surface area contributed by atoms with E-state index in [0.29, 0.717) is 12.6 Å². The molecule has 1 aromatic rings. The molecule has 2 unspecified atom stereocenters. The fraction of sp³-hybridized carbons (Fsp3) is 0.667. The van der Waals surface area contributed by atoms with Crippen molar-refractivity contribution in [3.8, 4) is 11.5 Å². The average Bonchev–Trinajstić information content (AvgIpc) is 2.55. The van der Waals surface area contributed by atoms with Crippen LogP contribution in [0.15, 0.2) is 24.3 Å². The van der Waals surface area contributed by atoms with E-state index in [0.717, 1.165) is 24.0 Å². The van der Waals surface area contributed by atoms with Gasteiger partial charge in [-0.15, -0.1) is 0 Å². The Bertz CT molecular complexity index is 443. The molecule has 21 heavy (non-hydrogen) atoms. The summed E-state index contributed by atoms with van der Waals surface area (Å²) in [5.74, 6) is 2.62. The smallest absolute Gasteiger partial charge is 0.161 e. The zero-order valence-corrected chi connectivity index (χ0v) is 13.0. The van der Waals surface area contributed by atoms with Gasteiger partial charge >= 0.3 is 0 Å². The second-order valence-electron chi connectivity index (χ2n) is 6.32. The second-order valence-corrected chi connectivity index (χ2v) is 6.32. The zero-order chi connectivity index (χ0) is 14.5. The van der Waals surface area contributed by atoms with Crippen LogP contribution in [-0.4, -0.2) is 25.3 Å². The van der Waals surface area contributed by atoms with Gasteiger partial charge in [0.2, 0.25) is 0 Å². The van der Waals surface area contributed by atoms with Crippen LogP contribution in [0.2, 0.25) is 0 Å². The number of hydrogen-bond acceptors (Lipinski definition) is 3. The lowest BCUT2D eigenvalue weighted by atomic mass is 9.83. The van der Waals surface area contributed by atoms with Crippen molar-refractivity contribution < 1.29 is 9.47 Å². The maximum Gasteiger partial charge on any atom is 0.161 e. The Balaban J connectivity index is 1.64. The molecule has 2 atom stereocenters. The summed E-state index contributed by atoms with van der Waals surface area (Å²) in [5.41, 5.74) is 0. The van der Waals surface area contributed by atoms with Gasteiger partial charge in [-0.3, -0.25) is 0 Å². The van der Waals surface area contributed by atoms with E-state index < -0.39 is 0 Å². The Hall–Kier alpha value is -1.22. The minimum Gasteiger partial charge on any atom is -0.486 e. The molecule has 0 radical (unpaired) electrons. The predicted molar refractivity (Wildman–Crippen MR) is 85.0 cm³/mol. The molecule has 1 heterocycles. The van der Waals surface area contributed by atoms with Gasteiger partial charge in [-0.25, -0.2) is 0 Å². The highest BCUT2D eigenvalue weighted by Gasteiger charge is 2.30. The number of fused-ring (bicyclic) bond motifs is 1. The minimum absolute atomic E-state index is 0.127. The van der Waals surface area contributed by atoms with E-state index in [1.807, 2.05) is 24.3 Å². The molecule has 1 aliphatic heterocycles. The summed E-state index contributed by atoms with van der Waals surface area (Å²) >= 11 is 0. The van der Waals surface area contributed by atoms with Crippen LogP contribution < -0.4 is 14.8 Å². The van der Waals surface area contributed by atoms with Gasteiger partial charge in [-0.1, -0.05) is 51.2 Å². The molecule has 0 saturated heterocycles. The molecule has 116 valence electrons. The first-order chi connectivity index (χ1) is 10.4. The van der Waals surface area contributed by atoms with E-state index in [1.54, 1.807) is 0 Å². The Morgan fingerprint density at radius 1 is 1.14 bits per heavy atom. The third kappa shape index (κ3) is 3.70. The second kappa shape index (κ2) is 7.17. The average molecular weight is 289 g/mol. The van der Waals surface area contributed by atoms with Crippen molar-refractivity contribution in [3.05, 3.63) is 24.3 Å². The molecule has 3 nitrogen and oxygen atoms in total. The highest BCUT2D eigenvalue weighted by molar-refractivity contribution is 5.40. The van der Waals surface area contributed by atoms with Crippen LogP contribution >= 0.6 is 0 Å². The van der Waals surface area contributed by atoms with Gasteiger partial charge in [0, 0.05) is 6.04 Å². The van der Waals surface area contributed by atoms with Gasteiger partial charge in [-0.05, 0) is 31.0 Å². The van der Waals surface area contributed by atoms with Crippen LogP contribution in [0.5, 0.6) is 11.5 Å². The van der Waals surface area contributed by atoms with E-state index in [9.17, 15) is 0 Å². The molecule has 1 aromatic carbocycles. The summed E-state index contributed by atoms with van der Waals surface area (Å²) in [6.07, 6.45) is 8.31. The zero-order valence-electron chi connectivity index (χ0n) is 13.0. The van der Waals surface area contributed by atoms with Crippen LogP contribution in [0.1, 0.15) is 45.4 Å². The number of nitrogens with one attached hydrogen (secondary N) is 1. The van der Waals surface area contributed by atoms with Gasteiger partial charge in [-0.2, -0.15) is 0 Å². The fourth-order valence-corrected chi connectivity index (χ4v) is 3.64. The largest absolute Gasteiger partial charge is 0.486 e. The molecule has 0 aromatic heterocycles. The number of benzene rings is 1. The van der Waals surface area contributed by atoms with Gasteiger partial charge < -0.3 is 14.8 Å². The molecule has 1 saturated carbocycles. The molecule has 1 fully saturated rings. The van der Waals surface area contributed by atoms with Crippen LogP contribution in [0.3, 0.4) is 0 Å². The molecule has 0 spiro atoms. The van der Waals surface area contributed by atoms with Crippen molar-refractivity contribution in [1.82, 2.24) is 5.32 Å². The molecule has 3 heteroatoms. The Labute approximate surface area is 128 Å². The minimum atomic E-state index is 0.127. The van der Waals surface area contributed by atoms with E-state index in [4.69, 9.17) is 9.47 Å². The standard InChI is InChI=1S/C18H27NO2/c1-2-19-15(12-14-8-4-3-5-9-14)18-13-20-16-10-6-7-11-17(16)21-18/h6-7,10-11,14-15,18-19H,2-5,8-9,12-13H2,1H3. The molecule has 1 N–H and O–H groups in total. The van der Waals surface area contributed by atoms with Crippen molar-refractivity contribution in [2.45, 2.75) is 57.6 Å². The Morgan fingerprint density at radius 3 is 2.67 bits per heavy atom. The summed E-state index contributed by atoms with van der Waals surface area (Å²) in [7, 11) is 0. The monoisotopic (exact) mass is 289 g/mol. The van der Waals surface area contributed by atoms with Crippen molar-refractivity contribution in [2.24, 2.45) is 5.92 Å². The summed E-state index contributed by atoms with van der Waals surface area (Å²) in [6, 6.07) is 8.38. The number of hydrogen-bond donors (Lipinski definition) is 1. The van der Waals surface area contributed by atoms with Crippen molar-refractivity contribution in [2.75, 3.05) is 13.2 Å². The van der Waals surface area contributed by atoms with Gasteiger partial charge in [0.15, 0.2) is 11.5 Å². The van der Waals surface area contributed by atoms with Crippen molar-refractivity contribution in [3.63, 3.8) is 0 Å². The van der Waals surface area contributed by atoms with Crippen LogP contribution in [-0.2, 0) is 0 Å². The SMILES string of the molecule is CCNC(CC1CCCCC1)C1COc2ccccc2O1. The van der Waals surface area contributed by atoms with Gasteiger partial charge in [0.25, 0.3) is 0 Å². The van der Waals surface area contributed by atoms with E-state index >= 15 is 0 Å². The predicted octanol–water partition coefficient (Wildman–Crippen LogP) is 3.77. The number of ether oxygens (including phenoxy) is 2. The summed E-state index contributed by atoms with van der Waals surface area (Å²) in [5, 5.41) is 3.63. The number of para-hydroxylation sites is 2. The van der Waals surface area contributed by atoms with Gasteiger partial charge in [0.05, 0.1) is 0 Å². The first-order valence-corrected chi connectivity index (χ1v) is 8.48. The highest BCUT2D eigenvalue weighted by atomic mass is 16.6. The molecule has 2 aliphatic rings. The highest BCUT2D eigenvalue weighted by Crippen LogP contribution is 2.34. The summed E-state index contributed by atoms with van der Waals surface area (Å²) in [4.78, 5) is 0. The van der Waals surface area contributed by atoms with Crippen molar-refractivity contribution in [1.29, 1.82) is 0 Å². The first-order valence-electron chi connectivity index (χ1n) is 8.48. The molecular formula is C18H27NO2. The summed E-state index contributed by atoms with van der Waals surface area (Å²) in [6.45, 7) is 3.81. The molecule has 1 aliphatic carbocycles. The lowest BCUT2D eigenvalue weighted by Crippen LogP contribution is -2.48. The normalized spacial score (nSPS) is 23.8. The molecular weight excluding hydrogens is 262 g/mol. The maximum absolute atomic E-state index is 6.20. The topological polar surface area (TPSA) is 30.5 Å². The molecule has 0 bridgehead atoms. The third-order valence-corrected chi connectivity index (χ3v) is 4.76. The van der Waals surface area contributed by atoms with Crippen LogP contribution in [0, 0.1) is 5.92 Å². The Morgan fingerprint density at radius 2 is 1.90 bits per heavy atom. The van der Waals surface area contributed by atoms with Crippen molar-refractivity contribution >= 4 is 0 Å². The maximum atomic E-state index is 6.20. The lowest BCUT2D eigenvalue weighted by molar-refractivity contribution is 0.0528. The lowest BCUT2D eigenvalue weighted by Gasteiger charge is -2.35. The number of rotatable bonds is 5. The van der Waals surface area contributed by atoms with E-state index in [-0.39, 0.29) is 6.10 Å². The van der Waals surface area contributed by atoms with Crippen LogP contribution in [0.4, 0.5) is 0 Å². The fourth-order valence-electron chi connectivity index (χ4n) is 3.64. The van der Waals surface area contributed by atoms with Gasteiger partial charge in [0.1, 0.15) is 12.7 Å². The Kier molecular flexibility index (Phi) is 5.02. The van der Waals surface area contributed by atoms with E-state index in [2.05, 4.69) is 12.2 Å². The quantitative estimate of drug-likeness (QED) is 0.895. The molecule has 0 amide bonds. The third-order valence-electron chi connectivity index (χ3n) is 4.76. The summed E-state index contributed by atoms with van der Waals surface area (Å²) < 4.78 is 12.1.